The number of aromatic nitrogens is 3. The lowest BCUT2D eigenvalue weighted by atomic mass is 9.87. The highest BCUT2D eigenvalue weighted by Crippen LogP contribution is 2.29. The van der Waals surface area contributed by atoms with Gasteiger partial charge in [0.15, 0.2) is 4.60 Å². The molecule has 1 aromatic rings. The number of hydrogen-bond acceptors (Lipinski definition) is 4. The number of ether oxygens (including phenoxy) is 1. The maximum absolute atomic E-state index is 12.0. The van der Waals surface area contributed by atoms with E-state index in [1.165, 1.54) is 6.08 Å². The van der Waals surface area contributed by atoms with Crippen molar-refractivity contribution in [3.05, 3.63) is 23.0 Å². The number of rotatable bonds is 6. The van der Waals surface area contributed by atoms with Gasteiger partial charge in [-0.1, -0.05) is 6.58 Å². The normalized spacial score (nSPS) is 21.4. The van der Waals surface area contributed by atoms with E-state index in [-0.39, 0.29) is 18.1 Å². The van der Waals surface area contributed by atoms with Gasteiger partial charge in [0, 0.05) is 13.2 Å². The fraction of sp³-hybridized carbons (Fsp3) is 0.615. The Balaban J connectivity index is 2.09. The van der Waals surface area contributed by atoms with Crippen molar-refractivity contribution in [3.63, 3.8) is 0 Å². The van der Waals surface area contributed by atoms with Gasteiger partial charge in [-0.05, 0) is 41.8 Å². The van der Waals surface area contributed by atoms with Crippen LogP contribution >= 0.6 is 15.9 Å². The van der Waals surface area contributed by atoms with Crippen molar-refractivity contribution in [1.82, 2.24) is 19.9 Å². The first-order valence-electron chi connectivity index (χ1n) is 6.64. The molecule has 20 heavy (non-hydrogen) atoms. The van der Waals surface area contributed by atoms with E-state index in [1.807, 2.05) is 6.92 Å². The zero-order chi connectivity index (χ0) is 14.7. The van der Waals surface area contributed by atoms with E-state index in [0.717, 1.165) is 18.5 Å². The Bertz CT molecular complexity index is 497. The fourth-order valence-corrected chi connectivity index (χ4v) is 2.64. The van der Waals surface area contributed by atoms with Gasteiger partial charge >= 0.3 is 0 Å². The molecule has 1 aliphatic carbocycles. The molecule has 6 nitrogen and oxygen atoms in total. The number of nitrogens with zero attached hydrogens (tertiary/aromatic N) is 4. The maximum Gasteiger partial charge on any atom is 0.246 e. The number of amides is 1. The summed E-state index contributed by atoms with van der Waals surface area (Å²) < 4.78 is 5.95. The summed E-state index contributed by atoms with van der Waals surface area (Å²) in [7, 11) is 1.70. The van der Waals surface area contributed by atoms with E-state index in [4.69, 9.17) is 4.74 Å². The molecule has 7 heteroatoms. The molecule has 1 heterocycles. The van der Waals surface area contributed by atoms with Crippen molar-refractivity contribution in [3.8, 4) is 0 Å². The summed E-state index contributed by atoms with van der Waals surface area (Å²) in [4.78, 5) is 15.4. The quantitative estimate of drug-likeness (QED) is 0.739. The van der Waals surface area contributed by atoms with E-state index < -0.39 is 0 Å². The largest absolute Gasteiger partial charge is 0.381 e. The highest BCUT2D eigenvalue weighted by molar-refractivity contribution is 9.10. The SMILES string of the molecule is C=CC(=O)N(Cc1nn(CC)nc1Br)C1CC(OC)C1. The molecule has 0 radical (unpaired) electrons. The topological polar surface area (TPSA) is 60.2 Å². The molecule has 0 N–H and O–H groups in total. The van der Waals surface area contributed by atoms with E-state index in [2.05, 4.69) is 32.7 Å². The van der Waals surface area contributed by atoms with Gasteiger partial charge in [-0.2, -0.15) is 9.90 Å². The van der Waals surface area contributed by atoms with Gasteiger partial charge in [0.2, 0.25) is 5.91 Å². The zero-order valence-electron chi connectivity index (χ0n) is 11.8. The second-order valence-corrected chi connectivity index (χ2v) is 5.53. The second kappa shape index (κ2) is 6.49. The summed E-state index contributed by atoms with van der Waals surface area (Å²) >= 11 is 3.39. The number of carbonyl (C=O) groups excluding carboxylic acids is 1. The van der Waals surface area contributed by atoms with Crippen molar-refractivity contribution in [2.24, 2.45) is 0 Å². The van der Waals surface area contributed by atoms with Crippen LogP contribution in [0, 0.1) is 0 Å². The summed E-state index contributed by atoms with van der Waals surface area (Å²) in [5.41, 5.74) is 0.767. The van der Waals surface area contributed by atoms with Gasteiger partial charge in [-0.3, -0.25) is 4.79 Å². The molecule has 0 aromatic carbocycles. The molecule has 1 saturated carbocycles. The molecule has 0 bridgehead atoms. The highest BCUT2D eigenvalue weighted by atomic mass is 79.9. The second-order valence-electron chi connectivity index (χ2n) is 4.78. The smallest absolute Gasteiger partial charge is 0.246 e. The third-order valence-corrected chi connectivity index (χ3v) is 4.20. The van der Waals surface area contributed by atoms with Crippen molar-refractivity contribution in [1.29, 1.82) is 0 Å². The fourth-order valence-electron chi connectivity index (χ4n) is 2.25. The van der Waals surface area contributed by atoms with Gasteiger partial charge in [-0.25, -0.2) is 0 Å². The van der Waals surface area contributed by atoms with Crippen molar-refractivity contribution in [2.75, 3.05) is 7.11 Å². The van der Waals surface area contributed by atoms with E-state index in [1.54, 1.807) is 16.8 Å². The van der Waals surface area contributed by atoms with Gasteiger partial charge < -0.3 is 9.64 Å². The first kappa shape index (κ1) is 15.2. The minimum atomic E-state index is -0.0810. The van der Waals surface area contributed by atoms with E-state index >= 15 is 0 Å². The average Bonchev–Trinajstić information content (AvgIpc) is 2.76. The Labute approximate surface area is 126 Å². The Kier molecular flexibility index (Phi) is 4.93. The van der Waals surface area contributed by atoms with E-state index in [0.29, 0.717) is 17.7 Å². The summed E-state index contributed by atoms with van der Waals surface area (Å²) in [5.74, 6) is -0.0810. The number of hydrogen-bond donors (Lipinski definition) is 0. The van der Waals surface area contributed by atoms with Crippen LogP contribution in [0.1, 0.15) is 25.5 Å². The van der Waals surface area contributed by atoms with E-state index in [9.17, 15) is 4.79 Å². The van der Waals surface area contributed by atoms with Crippen molar-refractivity contribution < 1.29 is 9.53 Å². The molecule has 0 atom stereocenters. The predicted octanol–water partition coefficient (Wildman–Crippen LogP) is 1.75. The summed E-state index contributed by atoms with van der Waals surface area (Å²) in [5, 5.41) is 8.60. The molecule has 0 aliphatic heterocycles. The third kappa shape index (κ3) is 3.09. The molecule has 110 valence electrons. The molecule has 1 fully saturated rings. The lowest BCUT2D eigenvalue weighted by Crippen LogP contribution is -2.49. The minimum Gasteiger partial charge on any atom is -0.381 e. The van der Waals surface area contributed by atoms with Crippen LogP contribution in [0.5, 0.6) is 0 Å². The Morgan fingerprint density at radius 1 is 1.60 bits per heavy atom. The van der Waals surface area contributed by atoms with Gasteiger partial charge in [0.1, 0.15) is 5.69 Å². The van der Waals surface area contributed by atoms with Crippen LogP contribution in [-0.2, 0) is 22.6 Å². The number of carbonyl (C=O) groups is 1. The van der Waals surface area contributed by atoms with Crippen molar-refractivity contribution in [2.45, 2.75) is 45.0 Å². The van der Waals surface area contributed by atoms with Crippen LogP contribution < -0.4 is 0 Å². The monoisotopic (exact) mass is 342 g/mol. The highest BCUT2D eigenvalue weighted by Gasteiger charge is 2.36. The molecule has 0 saturated heterocycles. The van der Waals surface area contributed by atoms with Crippen LogP contribution in [0.2, 0.25) is 0 Å². The molecule has 0 unspecified atom stereocenters. The van der Waals surface area contributed by atoms with Gasteiger partial charge in [0.25, 0.3) is 0 Å². The number of methoxy groups -OCH3 is 1. The standard InChI is InChI=1S/C13H19BrN4O2/c1-4-12(19)17(9-6-10(7-9)20-3)8-11-13(14)16-18(5-2)15-11/h4,9-10H,1,5-8H2,2-3H3. The molecular formula is C13H19BrN4O2. The predicted molar refractivity (Wildman–Crippen MR) is 78.0 cm³/mol. The summed E-state index contributed by atoms with van der Waals surface area (Å²) in [6.45, 7) is 6.68. The number of halogens is 1. The molecular weight excluding hydrogens is 324 g/mol. The Hall–Kier alpha value is -1.21. The van der Waals surface area contributed by atoms with Crippen LogP contribution in [0.4, 0.5) is 0 Å². The summed E-state index contributed by atoms with van der Waals surface area (Å²) in [6.07, 6.45) is 3.30. The molecule has 1 amide bonds. The number of aryl methyl sites for hydroxylation is 1. The molecule has 1 aliphatic rings. The van der Waals surface area contributed by atoms with Gasteiger partial charge in [0.05, 0.1) is 19.2 Å². The molecule has 2 rings (SSSR count). The van der Waals surface area contributed by atoms with Crippen LogP contribution in [0.25, 0.3) is 0 Å². The Morgan fingerprint density at radius 2 is 2.30 bits per heavy atom. The van der Waals surface area contributed by atoms with Crippen molar-refractivity contribution >= 4 is 21.8 Å². The maximum atomic E-state index is 12.0. The molecule has 0 spiro atoms. The average molecular weight is 343 g/mol. The van der Waals surface area contributed by atoms with Crippen LogP contribution in [-0.4, -0.2) is 45.1 Å². The lowest BCUT2D eigenvalue weighted by Gasteiger charge is -2.41. The van der Waals surface area contributed by atoms with Crippen LogP contribution in [0.3, 0.4) is 0 Å². The molecule has 1 aromatic heterocycles. The zero-order valence-corrected chi connectivity index (χ0v) is 13.3. The first-order chi connectivity index (χ1) is 9.58. The first-order valence-corrected chi connectivity index (χ1v) is 7.43. The lowest BCUT2D eigenvalue weighted by molar-refractivity contribution is -0.134. The summed E-state index contributed by atoms with van der Waals surface area (Å²) in [6, 6.07) is 0.184. The van der Waals surface area contributed by atoms with Crippen LogP contribution in [0.15, 0.2) is 17.3 Å². The third-order valence-electron chi connectivity index (χ3n) is 3.58. The minimum absolute atomic E-state index is 0.0810. The Morgan fingerprint density at radius 3 is 2.80 bits per heavy atom. The van der Waals surface area contributed by atoms with Gasteiger partial charge in [-0.15, -0.1) is 5.10 Å².